The minimum absolute atomic E-state index is 0.366. The first kappa shape index (κ1) is 13.1. The fourth-order valence-corrected chi connectivity index (χ4v) is 2.28. The monoisotopic (exact) mass is 269 g/mol. The van der Waals surface area contributed by atoms with Crippen molar-refractivity contribution in [3.63, 3.8) is 0 Å². The molecule has 0 unspecified atom stereocenters. The molecule has 94 valence electrons. The highest BCUT2D eigenvalue weighted by Gasteiger charge is 2.05. The average Bonchev–Trinajstić information content (AvgIpc) is 2.98. The summed E-state index contributed by atoms with van der Waals surface area (Å²) in [6.07, 6.45) is 1.80. The minimum atomic E-state index is -0.366. The van der Waals surface area contributed by atoms with Crippen LogP contribution in [0.15, 0.2) is 41.8 Å². The summed E-state index contributed by atoms with van der Waals surface area (Å²) in [5.41, 5.74) is 1.98. The quantitative estimate of drug-likeness (QED) is 0.632. The van der Waals surface area contributed by atoms with Gasteiger partial charge in [-0.15, -0.1) is 11.3 Å². The molecule has 3 nitrogen and oxygen atoms in total. The van der Waals surface area contributed by atoms with Crippen molar-refractivity contribution in [1.29, 1.82) is 5.26 Å². The Bertz CT molecular complexity index is 634. The average molecular weight is 269 g/mol. The number of carbonyl (C=O) groups is 1. The standard InChI is InChI=1S/C15H11NO2S/c1-18-15(17)12-6-4-11(5-7-12)9-13(10-16)14-3-2-8-19-14/h2-9H,1H3/b13-9-. The Morgan fingerprint density at radius 2 is 2.05 bits per heavy atom. The van der Waals surface area contributed by atoms with E-state index in [1.807, 2.05) is 17.5 Å². The lowest BCUT2D eigenvalue weighted by Gasteiger charge is -2.00. The largest absolute Gasteiger partial charge is 0.465 e. The first-order valence-corrected chi connectivity index (χ1v) is 6.46. The van der Waals surface area contributed by atoms with E-state index in [-0.39, 0.29) is 5.97 Å². The molecule has 4 heteroatoms. The van der Waals surface area contributed by atoms with Crippen LogP contribution in [0.5, 0.6) is 0 Å². The lowest BCUT2D eigenvalue weighted by atomic mass is 10.1. The maximum Gasteiger partial charge on any atom is 0.337 e. The molecule has 0 bridgehead atoms. The summed E-state index contributed by atoms with van der Waals surface area (Å²) < 4.78 is 4.63. The van der Waals surface area contributed by atoms with Crippen LogP contribution in [0.1, 0.15) is 20.8 Å². The van der Waals surface area contributed by atoms with Crippen molar-refractivity contribution in [2.24, 2.45) is 0 Å². The van der Waals surface area contributed by atoms with Gasteiger partial charge in [-0.1, -0.05) is 18.2 Å². The number of rotatable bonds is 3. The van der Waals surface area contributed by atoms with Gasteiger partial charge in [-0.05, 0) is 35.2 Å². The predicted molar refractivity (Wildman–Crippen MR) is 75.6 cm³/mol. The van der Waals surface area contributed by atoms with E-state index in [1.54, 1.807) is 30.3 Å². The number of esters is 1. The number of carbonyl (C=O) groups excluding carboxylic acids is 1. The number of ether oxygens (including phenoxy) is 1. The van der Waals surface area contributed by atoms with Gasteiger partial charge in [-0.3, -0.25) is 0 Å². The van der Waals surface area contributed by atoms with E-state index in [9.17, 15) is 4.79 Å². The summed E-state index contributed by atoms with van der Waals surface area (Å²) in [4.78, 5) is 12.2. The van der Waals surface area contributed by atoms with E-state index in [2.05, 4.69) is 10.8 Å². The molecule has 1 aromatic carbocycles. The summed E-state index contributed by atoms with van der Waals surface area (Å²) in [6.45, 7) is 0. The van der Waals surface area contributed by atoms with Gasteiger partial charge in [0.25, 0.3) is 0 Å². The van der Waals surface area contributed by atoms with Gasteiger partial charge in [0.1, 0.15) is 6.07 Å². The summed E-state index contributed by atoms with van der Waals surface area (Å²) in [6, 6.07) is 12.9. The number of benzene rings is 1. The molecule has 0 fully saturated rings. The van der Waals surface area contributed by atoms with Gasteiger partial charge in [-0.2, -0.15) is 5.26 Å². The first-order chi connectivity index (χ1) is 9.24. The Kier molecular flexibility index (Phi) is 4.11. The van der Waals surface area contributed by atoms with Crippen LogP contribution in [-0.2, 0) is 4.74 Å². The Balaban J connectivity index is 2.28. The van der Waals surface area contributed by atoms with Crippen LogP contribution in [0.4, 0.5) is 0 Å². The van der Waals surface area contributed by atoms with Crippen molar-refractivity contribution >= 4 is 29.0 Å². The third-order valence-electron chi connectivity index (χ3n) is 2.55. The second kappa shape index (κ2) is 5.98. The molecule has 0 radical (unpaired) electrons. The Morgan fingerprint density at radius 1 is 1.32 bits per heavy atom. The molecule has 2 aromatic rings. The molecule has 19 heavy (non-hydrogen) atoms. The van der Waals surface area contributed by atoms with Gasteiger partial charge >= 0.3 is 5.97 Å². The highest BCUT2D eigenvalue weighted by atomic mass is 32.1. The normalized spacial score (nSPS) is 10.8. The predicted octanol–water partition coefficient (Wildman–Crippen LogP) is 3.60. The SMILES string of the molecule is COC(=O)c1ccc(/C=C(/C#N)c2cccs2)cc1. The van der Waals surface area contributed by atoms with E-state index in [4.69, 9.17) is 5.26 Å². The topological polar surface area (TPSA) is 50.1 Å². The zero-order valence-electron chi connectivity index (χ0n) is 10.3. The molecule has 0 amide bonds. The lowest BCUT2D eigenvalue weighted by Crippen LogP contribution is -2.00. The van der Waals surface area contributed by atoms with Crippen LogP contribution in [0, 0.1) is 11.3 Å². The lowest BCUT2D eigenvalue weighted by molar-refractivity contribution is 0.0601. The van der Waals surface area contributed by atoms with Gasteiger partial charge in [0.15, 0.2) is 0 Å². The fourth-order valence-electron chi connectivity index (χ4n) is 1.59. The van der Waals surface area contributed by atoms with E-state index in [1.165, 1.54) is 18.4 Å². The van der Waals surface area contributed by atoms with Crippen molar-refractivity contribution in [1.82, 2.24) is 0 Å². The smallest absolute Gasteiger partial charge is 0.337 e. The second-order valence-electron chi connectivity index (χ2n) is 3.76. The highest BCUT2D eigenvalue weighted by molar-refractivity contribution is 7.11. The van der Waals surface area contributed by atoms with E-state index < -0.39 is 0 Å². The van der Waals surface area contributed by atoms with Crippen LogP contribution in [-0.4, -0.2) is 13.1 Å². The van der Waals surface area contributed by atoms with Crippen molar-refractivity contribution in [2.45, 2.75) is 0 Å². The first-order valence-electron chi connectivity index (χ1n) is 5.58. The van der Waals surface area contributed by atoms with Gasteiger partial charge in [0.2, 0.25) is 0 Å². The number of allylic oxidation sites excluding steroid dienone is 1. The van der Waals surface area contributed by atoms with E-state index in [0.717, 1.165) is 10.4 Å². The Labute approximate surface area is 115 Å². The molecule has 1 heterocycles. The minimum Gasteiger partial charge on any atom is -0.465 e. The second-order valence-corrected chi connectivity index (χ2v) is 4.71. The molecule has 0 atom stereocenters. The third kappa shape index (κ3) is 3.09. The maximum atomic E-state index is 11.3. The van der Waals surface area contributed by atoms with Crippen molar-refractivity contribution in [3.8, 4) is 6.07 Å². The number of methoxy groups -OCH3 is 1. The van der Waals surface area contributed by atoms with Gasteiger partial charge < -0.3 is 4.74 Å². The fraction of sp³-hybridized carbons (Fsp3) is 0.0667. The van der Waals surface area contributed by atoms with Crippen LogP contribution in [0.2, 0.25) is 0 Å². The molecule has 2 rings (SSSR count). The Morgan fingerprint density at radius 3 is 2.58 bits per heavy atom. The molecule has 0 aliphatic rings. The molecule has 0 spiro atoms. The van der Waals surface area contributed by atoms with Crippen molar-refractivity contribution < 1.29 is 9.53 Å². The maximum absolute atomic E-state index is 11.3. The van der Waals surface area contributed by atoms with Crippen molar-refractivity contribution in [3.05, 3.63) is 57.8 Å². The molecule has 0 N–H and O–H groups in total. The van der Waals surface area contributed by atoms with E-state index >= 15 is 0 Å². The Hall–Kier alpha value is -2.38. The molecule has 0 aliphatic heterocycles. The number of hydrogen-bond donors (Lipinski definition) is 0. The number of nitriles is 1. The molecular formula is C15H11NO2S. The molecule has 0 saturated carbocycles. The molecule has 0 saturated heterocycles. The van der Waals surface area contributed by atoms with Crippen LogP contribution >= 0.6 is 11.3 Å². The summed E-state index contributed by atoms with van der Waals surface area (Å²) >= 11 is 1.52. The highest BCUT2D eigenvalue weighted by Crippen LogP contribution is 2.22. The zero-order chi connectivity index (χ0) is 13.7. The summed E-state index contributed by atoms with van der Waals surface area (Å²) in [5, 5.41) is 11.1. The van der Waals surface area contributed by atoms with Crippen LogP contribution in [0.25, 0.3) is 11.6 Å². The molecule has 1 aromatic heterocycles. The third-order valence-corrected chi connectivity index (χ3v) is 3.45. The number of thiophene rings is 1. The van der Waals surface area contributed by atoms with Crippen LogP contribution < -0.4 is 0 Å². The van der Waals surface area contributed by atoms with Gasteiger partial charge in [0, 0.05) is 4.88 Å². The number of nitrogens with zero attached hydrogens (tertiary/aromatic N) is 1. The number of hydrogen-bond acceptors (Lipinski definition) is 4. The molecule has 0 aliphatic carbocycles. The summed E-state index contributed by atoms with van der Waals surface area (Å²) in [5.74, 6) is -0.366. The zero-order valence-corrected chi connectivity index (χ0v) is 11.1. The van der Waals surface area contributed by atoms with Crippen LogP contribution in [0.3, 0.4) is 0 Å². The van der Waals surface area contributed by atoms with Gasteiger partial charge in [0.05, 0.1) is 18.2 Å². The van der Waals surface area contributed by atoms with E-state index in [0.29, 0.717) is 11.1 Å². The van der Waals surface area contributed by atoms with Crippen molar-refractivity contribution in [2.75, 3.05) is 7.11 Å². The van der Waals surface area contributed by atoms with Gasteiger partial charge in [-0.25, -0.2) is 4.79 Å². The molecular weight excluding hydrogens is 258 g/mol. The summed E-state index contributed by atoms with van der Waals surface area (Å²) in [7, 11) is 1.35.